The number of para-hydroxylation sites is 1. The van der Waals surface area contributed by atoms with E-state index in [1.807, 2.05) is 30.3 Å². The number of fused-ring (bicyclic) bond motifs is 4. The Balaban J connectivity index is 1.45. The van der Waals surface area contributed by atoms with Gasteiger partial charge in [0.25, 0.3) is 5.91 Å². The van der Waals surface area contributed by atoms with Gasteiger partial charge >= 0.3 is 0 Å². The highest BCUT2D eigenvalue weighted by molar-refractivity contribution is 6.03. The van der Waals surface area contributed by atoms with Gasteiger partial charge in [-0.1, -0.05) is 42.5 Å². The Morgan fingerprint density at radius 3 is 2.56 bits per heavy atom. The highest BCUT2D eigenvalue weighted by atomic mass is 16.3. The van der Waals surface area contributed by atoms with Crippen LogP contribution in [-0.4, -0.2) is 5.91 Å². The minimum atomic E-state index is -0.437. The molecule has 0 saturated heterocycles. The molecule has 1 aromatic heterocycles. The lowest BCUT2D eigenvalue weighted by molar-refractivity contribution is 0.0997. The molecule has 4 nitrogen and oxygen atoms in total. The molecule has 130 valence electrons. The van der Waals surface area contributed by atoms with Gasteiger partial charge in [-0.05, 0) is 52.9 Å². The van der Waals surface area contributed by atoms with Crippen LogP contribution in [0.15, 0.2) is 82.0 Å². The summed E-state index contributed by atoms with van der Waals surface area (Å²) >= 11 is 0. The standard InChI is InChI=1S/C23H15NO3/c25-20-13-22(27-21-8-4-3-7-19(20)21)23(26)24-16-9-10-18-15(12-16)11-14-5-1-2-6-17(14)18/h1-10,12-13H,11H2,(H,24,26). The van der Waals surface area contributed by atoms with Gasteiger partial charge in [-0.25, -0.2) is 0 Å². The number of nitrogens with one attached hydrogen (secondary N) is 1. The Kier molecular flexibility index (Phi) is 3.44. The van der Waals surface area contributed by atoms with E-state index in [9.17, 15) is 9.59 Å². The molecule has 1 aliphatic carbocycles. The van der Waals surface area contributed by atoms with Crippen LogP contribution in [0.3, 0.4) is 0 Å². The summed E-state index contributed by atoms with van der Waals surface area (Å²) in [6.45, 7) is 0. The van der Waals surface area contributed by atoms with Gasteiger partial charge in [0.15, 0.2) is 11.2 Å². The fourth-order valence-electron chi connectivity index (χ4n) is 3.63. The largest absolute Gasteiger partial charge is 0.451 e. The first kappa shape index (κ1) is 15.6. The summed E-state index contributed by atoms with van der Waals surface area (Å²) in [5, 5.41) is 3.30. The van der Waals surface area contributed by atoms with E-state index >= 15 is 0 Å². The maximum absolute atomic E-state index is 12.6. The van der Waals surface area contributed by atoms with Crippen molar-refractivity contribution in [2.45, 2.75) is 6.42 Å². The van der Waals surface area contributed by atoms with Crippen LogP contribution in [0, 0.1) is 0 Å². The van der Waals surface area contributed by atoms with Crippen LogP contribution >= 0.6 is 0 Å². The van der Waals surface area contributed by atoms with Crippen LogP contribution in [0.4, 0.5) is 5.69 Å². The molecule has 1 aliphatic rings. The average molecular weight is 353 g/mol. The SMILES string of the molecule is O=C(Nc1ccc2c(c1)Cc1ccccc1-2)c1cc(=O)c2ccccc2o1. The van der Waals surface area contributed by atoms with E-state index in [0.717, 1.165) is 6.42 Å². The summed E-state index contributed by atoms with van der Waals surface area (Å²) in [6, 6.07) is 22.3. The number of rotatable bonds is 2. The predicted octanol–water partition coefficient (Wildman–Crippen LogP) is 4.62. The van der Waals surface area contributed by atoms with Crippen LogP contribution in [0.5, 0.6) is 0 Å². The van der Waals surface area contributed by atoms with Crippen molar-refractivity contribution in [3.63, 3.8) is 0 Å². The molecule has 5 rings (SSSR count). The number of amides is 1. The molecular formula is C23H15NO3. The molecule has 0 aliphatic heterocycles. The monoisotopic (exact) mass is 353 g/mol. The van der Waals surface area contributed by atoms with Crippen molar-refractivity contribution in [2.75, 3.05) is 5.32 Å². The van der Waals surface area contributed by atoms with Gasteiger partial charge in [0.2, 0.25) is 0 Å². The second-order valence-corrected chi connectivity index (χ2v) is 6.63. The summed E-state index contributed by atoms with van der Waals surface area (Å²) in [6.07, 6.45) is 0.847. The molecule has 0 unspecified atom stereocenters. The molecule has 0 saturated carbocycles. The minimum absolute atomic E-state index is 0.00230. The smallest absolute Gasteiger partial charge is 0.291 e. The fourth-order valence-corrected chi connectivity index (χ4v) is 3.63. The Bertz CT molecular complexity index is 1270. The molecular weight excluding hydrogens is 338 g/mol. The first-order valence-corrected chi connectivity index (χ1v) is 8.74. The molecule has 4 heteroatoms. The topological polar surface area (TPSA) is 59.3 Å². The van der Waals surface area contributed by atoms with Crippen molar-refractivity contribution in [3.8, 4) is 11.1 Å². The number of benzene rings is 3. The van der Waals surface area contributed by atoms with E-state index in [-0.39, 0.29) is 11.2 Å². The van der Waals surface area contributed by atoms with Crippen LogP contribution in [0.1, 0.15) is 21.7 Å². The number of carbonyl (C=O) groups is 1. The van der Waals surface area contributed by atoms with E-state index in [0.29, 0.717) is 16.7 Å². The molecule has 4 aromatic rings. The summed E-state index contributed by atoms with van der Waals surface area (Å²) in [7, 11) is 0. The zero-order valence-electron chi connectivity index (χ0n) is 14.4. The summed E-state index contributed by atoms with van der Waals surface area (Å²) in [5.41, 5.74) is 5.76. The van der Waals surface area contributed by atoms with Gasteiger partial charge in [-0.15, -0.1) is 0 Å². The van der Waals surface area contributed by atoms with E-state index < -0.39 is 5.91 Å². The summed E-state index contributed by atoms with van der Waals surface area (Å²) in [4.78, 5) is 24.8. The second-order valence-electron chi connectivity index (χ2n) is 6.63. The van der Waals surface area contributed by atoms with Crippen LogP contribution in [0.2, 0.25) is 0 Å². The molecule has 1 amide bonds. The third kappa shape index (κ3) is 2.62. The zero-order chi connectivity index (χ0) is 18.4. The first-order valence-electron chi connectivity index (χ1n) is 8.74. The van der Waals surface area contributed by atoms with E-state index in [1.54, 1.807) is 24.3 Å². The van der Waals surface area contributed by atoms with Crippen molar-refractivity contribution < 1.29 is 9.21 Å². The van der Waals surface area contributed by atoms with Gasteiger partial charge in [-0.2, -0.15) is 0 Å². The lowest BCUT2D eigenvalue weighted by atomic mass is 10.1. The van der Waals surface area contributed by atoms with Crippen molar-refractivity contribution >= 4 is 22.6 Å². The van der Waals surface area contributed by atoms with Crippen molar-refractivity contribution in [1.29, 1.82) is 0 Å². The Morgan fingerprint density at radius 2 is 1.63 bits per heavy atom. The van der Waals surface area contributed by atoms with Crippen molar-refractivity contribution in [2.24, 2.45) is 0 Å². The third-order valence-corrected chi connectivity index (χ3v) is 4.91. The van der Waals surface area contributed by atoms with E-state index in [4.69, 9.17) is 4.42 Å². The average Bonchev–Trinajstić information content (AvgIpc) is 3.05. The fraction of sp³-hybridized carbons (Fsp3) is 0.0435. The first-order chi connectivity index (χ1) is 13.2. The molecule has 0 atom stereocenters. The number of carbonyl (C=O) groups excluding carboxylic acids is 1. The van der Waals surface area contributed by atoms with Crippen LogP contribution < -0.4 is 10.7 Å². The number of hydrogen-bond acceptors (Lipinski definition) is 3. The molecule has 1 N–H and O–H groups in total. The molecule has 3 aromatic carbocycles. The van der Waals surface area contributed by atoms with Crippen molar-refractivity contribution in [3.05, 3.63) is 99.9 Å². The highest BCUT2D eigenvalue weighted by Gasteiger charge is 2.19. The maximum atomic E-state index is 12.6. The van der Waals surface area contributed by atoms with Gasteiger partial charge in [0.1, 0.15) is 5.58 Å². The third-order valence-electron chi connectivity index (χ3n) is 4.91. The summed E-state index contributed by atoms with van der Waals surface area (Å²) in [5.74, 6) is -0.434. The molecule has 0 radical (unpaired) electrons. The zero-order valence-corrected chi connectivity index (χ0v) is 14.4. The van der Waals surface area contributed by atoms with Crippen LogP contribution in [0.25, 0.3) is 22.1 Å². The van der Waals surface area contributed by atoms with Gasteiger partial charge in [-0.3, -0.25) is 9.59 Å². The Morgan fingerprint density at radius 1 is 0.852 bits per heavy atom. The van der Waals surface area contributed by atoms with Crippen molar-refractivity contribution in [1.82, 2.24) is 0 Å². The van der Waals surface area contributed by atoms with Gasteiger partial charge in [0, 0.05) is 11.8 Å². The summed E-state index contributed by atoms with van der Waals surface area (Å²) < 4.78 is 5.61. The Labute approximate surface area is 155 Å². The second kappa shape index (κ2) is 5.95. The Hall–Kier alpha value is -3.66. The highest BCUT2D eigenvalue weighted by Crippen LogP contribution is 2.37. The lowest BCUT2D eigenvalue weighted by Gasteiger charge is -2.08. The number of anilines is 1. The molecule has 0 spiro atoms. The quantitative estimate of drug-likeness (QED) is 0.504. The molecule has 27 heavy (non-hydrogen) atoms. The predicted molar refractivity (Wildman–Crippen MR) is 105 cm³/mol. The van der Waals surface area contributed by atoms with E-state index in [2.05, 4.69) is 17.4 Å². The molecule has 0 bridgehead atoms. The maximum Gasteiger partial charge on any atom is 0.291 e. The molecule has 1 heterocycles. The van der Waals surface area contributed by atoms with Crippen LogP contribution in [-0.2, 0) is 6.42 Å². The van der Waals surface area contributed by atoms with Gasteiger partial charge < -0.3 is 9.73 Å². The number of hydrogen-bond donors (Lipinski definition) is 1. The van der Waals surface area contributed by atoms with Gasteiger partial charge in [0.05, 0.1) is 5.39 Å². The lowest BCUT2D eigenvalue weighted by Crippen LogP contribution is -2.15. The normalized spacial score (nSPS) is 11.9. The minimum Gasteiger partial charge on any atom is -0.451 e. The molecule has 0 fully saturated rings. The van der Waals surface area contributed by atoms with E-state index in [1.165, 1.54) is 28.3 Å².